The molecule has 0 N–H and O–H groups in total. The molecule has 1 aliphatic rings. The van der Waals surface area contributed by atoms with Gasteiger partial charge in [-0.2, -0.15) is 0 Å². The molecule has 6 heteroatoms. The molecule has 1 heterocycles. The summed E-state index contributed by atoms with van der Waals surface area (Å²) in [5.41, 5.74) is 1.16. The van der Waals surface area contributed by atoms with Gasteiger partial charge in [-0.15, -0.1) is 0 Å². The van der Waals surface area contributed by atoms with E-state index in [0.29, 0.717) is 23.2 Å². The van der Waals surface area contributed by atoms with Gasteiger partial charge in [-0.1, -0.05) is 18.2 Å². The molecule has 1 saturated heterocycles. The highest BCUT2D eigenvalue weighted by Crippen LogP contribution is 2.32. The summed E-state index contributed by atoms with van der Waals surface area (Å²) in [4.78, 5) is 23.1. The van der Waals surface area contributed by atoms with Crippen molar-refractivity contribution >= 4 is 27.7 Å². The van der Waals surface area contributed by atoms with Crippen LogP contribution >= 0.6 is 15.9 Å². The first-order valence-electron chi connectivity index (χ1n) is 5.75. The molecular formula is C13H13BrO5. The lowest BCUT2D eigenvalue weighted by molar-refractivity contribution is -0.139. The van der Waals surface area contributed by atoms with Gasteiger partial charge in [-0.05, 0) is 15.9 Å². The summed E-state index contributed by atoms with van der Waals surface area (Å²) in [6.07, 6.45) is -0.759. The summed E-state index contributed by atoms with van der Waals surface area (Å²) < 4.78 is 15.9. The predicted octanol–water partition coefficient (Wildman–Crippen LogP) is 2.24. The lowest BCUT2D eigenvalue weighted by Gasteiger charge is -2.13. The van der Waals surface area contributed by atoms with Crippen molar-refractivity contribution in [2.45, 2.75) is 12.7 Å². The number of methoxy groups -OCH3 is 1. The zero-order chi connectivity index (χ0) is 13.8. The average Bonchev–Trinajstić information content (AvgIpc) is 2.92. The number of Topliss-reactive ketones (excluding diaryl/α,β-unsaturated/α-hetero) is 1. The number of ketones is 1. The molecule has 0 bridgehead atoms. The van der Waals surface area contributed by atoms with Crippen molar-refractivity contribution in [1.29, 1.82) is 0 Å². The molecule has 19 heavy (non-hydrogen) atoms. The second-order valence-electron chi connectivity index (χ2n) is 3.96. The maximum Gasteiger partial charge on any atom is 0.313 e. The number of carbonyl (C=O) groups is 2. The van der Waals surface area contributed by atoms with Crippen molar-refractivity contribution in [1.82, 2.24) is 0 Å². The van der Waals surface area contributed by atoms with Gasteiger partial charge in [0.1, 0.15) is 6.42 Å². The molecule has 0 atom stereocenters. The van der Waals surface area contributed by atoms with Crippen LogP contribution in [0.5, 0.6) is 0 Å². The molecule has 102 valence electrons. The van der Waals surface area contributed by atoms with Crippen molar-refractivity contribution in [2.75, 3.05) is 20.3 Å². The van der Waals surface area contributed by atoms with E-state index in [2.05, 4.69) is 20.7 Å². The SMILES string of the molecule is COC(=O)CC(=O)c1cccc(C2OCCO2)c1Br. The molecule has 0 aliphatic carbocycles. The van der Waals surface area contributed by atoms with Crippen LogP contribution in [0.1, 0.15) is 28.6 Å². The number of rotatable bonds is 4. The van der Waals surface area contributed by atoms with Gasteiger partial charge in [0.15, 0.2) is 12.1 Å². The Morgan fingerprint density at radius 1 is 1.37 bits per heavy atom. The zero-order valence-electron chi connectivity index (χ0n) is 10.3. The summed E-state index contributed by atoms with van der Waals surface area (Å²) in [5.74, 6) is -0.866. The first kappa shape index (κ1) is 14.2. The third-order valence-corrected chi connectivity index (χ3v) is 3.62. The van der Waals surface area contributed by atoms with E-state index in [1.165, 1.54) is 7.11 Å². The van der Waals surface area contributed by atoms with Crippen LogP contribution in [0.4, 0.5) is 0 Å². The quantitative estimate of drug-likeness (QED) is 0.482. The Balaban J connectivity index is 2.24. The Kier molecular flexibility index (Phi) is 4.68. The van der Waals surface area contributed by atoms with Gasteiger partial charge >= 0.3 is 5.97 Å². The van der Waals surface area contributed by atoms with Crippen molar-refractivity contribution in [2.24, 2.45) is 0 Å². The molecular weight excluding hydrogens is 316 g/mol. The van der Waals surface area contributed by atoms with Crippen molar-refractivity contribution in [3.05, 3.63) is 33.8 Å². The third-order valence-electron chi connectivity index (χ3n) is 2.74. The minimum atomic E-state index is -0.560. The maximum absolute atomic E-state index is 12.0. The fourth-order valence-corrected chi connectivity index (χ4v) is 2.46. The first-order chi connectivity index (χ1) is 9.13. The van der Waals surface area contributed by atoms with Gasteiger partial charge < -0.3 is 14.2 Å². The predicted molar refractivity (Wildman–Crippen MR) is 69.8 cm³/mol. The molecule has 0 spiro atoms. The van der Waals surface area contributed by atoms with Crippen molar-refractivity contribution < 1.29 is 23.8 Å². The smallest absolute Gasteiger partial charge is 0.313 e. The molecule has 0 saturated carbocycles. The summed E-state index contributed by atoms with van der Waals surface area (Å²) in [5, 5.41) is 0. The normalized spacial score (nSPS) is 15.5. The van der Waals surface area contributed by atoms with Gasteiger partial charge in [0.25, 0.3) is 0 Å². The van der Waals surface area contributed by atoms with Crippen LogP contribution in [-0.4, -0.2) is 32.1 Å². The number of esters is 1. The second-order valence-corrected chi connectivity index (χ2v) is 4.75. The molecule has 0 aromatic heterocycles. The van der Waals surface area contributed by atoms with E-state index in [9.17, 15) is 9.59 Å². The van der Waals surface area contributed by atoms with Crippen LogP contribution in [0.3, 0.4) is 0 Å². The highest BCUT2D eigenvalue weighted by Gasteiger charge is 2.24. The van der Waals surface area contributed by atoms with E-state index in [1.54, 1.807) is 12.1 Å². The first-order valence-corrected chi connectivity index (χ1v) is 6.54. The Labute approximate surface area is 119 Å². The highest BCUT2D eigenvalue weighted by molar-refractivity contribution is 9.10. The molecule has 2 rings (SSSR count). The Morgan fingerprint density at radius 3 is 2.68 bits per heavy atom. The molecule has 1 aliphatic heterocycles. The molecule has 0 radical (unpaired) electrons. The van der Waals surface area contributed by atoms with Crippen LogP contribution in [0, 0.1) is 0 Å². The Hall–Kier alpha value is -1.24. The summed E-state index contributed by atoms with van der Waals surface area (Å²) in [7, 11) is 1.25. The van der Waals surface area contributed by atoms with Crippen LogP contribution in [0.15, 0.2) is 22.7 Å². The van der Waals surface area contributed by atoms with E-state index >= 15 is 0 Å². The number of benzene rings is 1. The molecule has 1 aromatic carbocycles. The van der Waals surface area contributed by atoms with Crippen LogP contribution < -0.4 is 0 Å². The summed E-state index contributed by atoms with van der Waals surface area (Å²) in [6.45, 7) is 1.05. The number of halogens is 1. The second kappa shape index (κ2) is 6.27. The number of ether oxygens (including phenoxy) is 3. The Morgan fingerprint density at radius 2 is 2.05 bits per heavy atom. The summed E-state index contributed by atoms with van der Waals surface area (Å²) in [6, 6.07) is 5.19. The zero-order valence-corrected chi connectivity index (χ0v) is 11.9. The number of carbonyl (C=O) groups excluding carboxylic acids is 2. The molecule has 0 unspecified atom stereocenters. The Bertz CT molecular complexity index is 494. The standard InChI is InChI=1S/C13H13BrO5/c1-17-11(16)7-10(15)8-3-2-4-9(12(8)14)13-18-5-6-19-13/h2-4,13H,5-7H2,1H3. The molecule has 1 aromatic rings. The fourth-order valence-electron chi connectivity index (χ4n) is 1.78. The van der Waals surface area contributed by atoms with E-state index in [-0.39, 0.29) is 12.2 Å². The molecule has 5 nitrogen and oxygen atoms in total. The van der Waals surface area contributed by atoms with Crippen LogP contribution in [0.2, 0.25) is 0 Å². The lowest BCUT2D eigenvalue weighted by atomic mass is 10.0. The summed E-state index contributed by atoms with van der Waals surface area (Å²) >= 11 is 3.37. The van der Waals surface area contributed by atoms with E-state index < -0.39 is 12.3 Å². The minimum absolute atomic E-state index is 0.287. The highest BCUT2D eigenvalue weighted by atomic mass is 79.9. The van der Waals surface area contributed by atoms with Gasteiger partial charge in [0, 0.05) is 15.6 Å². The number of hydrogen-bond acceptors (Lipinski definition) is 5. The topological polar surface area (TPSA) is 61.8 Å². The monoisotopic (exact) mass is 328 g/mol. The third kappa shape index (κ3) is 3.20. The van der Waals surface area contributed by atoms with Crippen molar-refractivity contribution in [3.8, 4) is 0 Å². The molecule has 1 fully saturated rings. The number of hydrogen-bond donors (Lipinski definition) is 0. The van der Waals surface area contributed by atoms with E-state index in [4.69, 9.17) is 9.47 Å². The van der Waals surface area contributed by atoms with Gasteiger partial charge in [-0.25, -0.2) is 0 Å². The largest absolute Gasteiger partial charge is 0.469 e. The van der Waals surface area contributed by atoms with Crippen molar-refractivity contribution in [3.63, 3.8) is 0 Å². The molecule has 0 amide bonds. The lowest BCUT2D eigenvalue weighted by Crippen LogP contribution is -2.11. The van der Waals surface area contributed by atoms with E-state index in [0.717, 1.165) is 5.56 Å². The van der Waals surface area contributed by atoms with Gasteiger partial charge in [0.05, 0.1) is 20.3 Å². The van der Waals surface area contributed by atoms with E-state index in [1.807, 2.05) is 6.07 Å². The fraction of sp³-hybridized carbons (Fsp3) is 0.385. The van der Waals surface area contributed by atoms with Gasteiger partial charge in [-0.3, -0.25) is 9.59 Å². The minimum Gasteiger partial charge on any atom is -0.469 e. The van der Waals surface area contributed by atoms with Gasteiger partial charge in [0.2, 0.25) is 0 Å². The average molecular weight is 329 g/mol. The van der Waals surface area contributed by atoms with Crippen LogP contribution in [-0.2, 0) is 19.0 Å². The maximum atomic E-state index is 12.0. The van der Waals surface area contributed by atoms with Crippen LogP contribution in [0.25, 0.3) is 0 Å².